The van der Waals surface area contributed by atoms with Gasteiger partial charge in [-0.2, -0.15) is 18.3 Å². The van der Waals surface area contributed by atoms with E-state index in [2.05, 4.69) is 15.4 Å². The van der Waals surface area contributed by atoms with Crippen LogP contribution >= 0.6 is 0 Å². The third-order valence-electron chi connectivity index (χ3n) is 3.85. The molecule has 0 radical (unpaired) electrons. The van der Waals surface area contributed by atoms with E-state index in [9.17, 15) is 13.2 Å². The minimum Gasteiger partial charge on any atom is -0.396 e. The van der Waals surface area contributed by atoms with Crippen LogP contribution in [0.5, 0.6) is 0 Å². The van der Waals surface area contributed by atoms with Crippen LogP contribution in [0.25, 0.3) is 11.4 Å². The Balaban J connectivity index is 1.89. The number of nitrogens with one attached hydrogen (secondary N) is 1. The lowest BCUT2D eigenvalue weighted by molar-refractivity contribution is -0.137. The first-order chi connectivity index (χ1) is 12.4. The van der Waals surface area contributed by atoms with Crippen LogP contribution in [0.15, 0.2) is 48.5 Å². The lowest BCUT2D eigenvalue weighted by Gasteiger charge is -2.11. The molecule has 0 atom stereocenters. The Morgan fingerprint density at radius 3 is 2.42 bits per heavy atom. The average Bonchev–Trinajstić information content (AvgIpc) is 2.96. The van der Waals surface area contributed by atoms with Crippen LogP contribution in [0.4, 0.5) is 24.5 Å². The molecule has 2 aromatic carbocycles. The maximum atomic E-state index is 12.7. The quantitative estimate of drug-likeness (QED) is 0.725. The van der Waals surface area contributed by atoms with Gasteiger partial charge in [0.25, 0.3) is 0 Å². The average molecular weight is 362 g/mol. The van der Waals surface area contributed by atoms with E-state index in [1.54, 1.807) is 17.8 Å². The molecule has 0 fully saturated rings. The van der Waals surface area contributed by atoms with Gasteiger partial charge < -0.3 is 10.4 Å². The molecule has 0 bridgehead atoms. The van der Waals surface area contributed by atoms with Gasteiger partial charge in [0, 0.05) is 30.4 Å². The van der Waals surface area contributed by atoms with Crippen molar-refractivity contribution in [2.75, 3.05) is 11.9 Å². The number of aryl methyl sites for hydroxylation is 1. The summed E-state index contributed by atoms with van der Waals surface area (Å²) in [6.45, 7) is -0.0303. The van der Waals surface area contributed by atoms with Gasteiger partial charge in [-0.15, -0.1) is 0 Å². The van der Waals surface area contributed by atoms with Crippen LogP contribution in [0.2, 0.25) is 0 Å². The van der Waals surface area contributed by atoms with Crippen molar-refractivity contribution in [2.45, 2.75) is 12.6 Å². The number of alkyl halides is 3. The Bertz CT molecular complexity index is 888. The summed E-state index contributed by atoms with van der Waals surface area (Å²) < 4.78 is 39.6. The molecule has 1 heterocycles. The summed E-state index contributed by atoms with van der Waals surface area (Å²) in [5.74, 6) is 1.12. The first-order valence-corrected chi connectivity index (χ1v) is 7.93. The lowest BCUT2D eigenvalue weighted by Crippen LogP contribution is -2.04. The minimum absolute atomic E-state index is 0.0303. The second-order valence-electron chi connectivity index (χ2n) is 5.69. The molecule has 26 heavy (non-hydrogen) atoms. The predicted octanol–water partition coefficient (Wildman–Crippen LogP) is 3.78. The van der Waals surface area contributed by atoms with E-state index in [1.165, 1.54) is 12.1 Å². The van der Waals surface area contributed by atoms with Gasteiger partial charge in [-0.05, 0) is 36.4 Å². The van der Waals surface area contributed by atoms with E-state index in [4.69, 9.17) is 5.11 Å². The molecule has 1 aromatic heterocycles. The number of para-hydroxylation sites is 1. The number of hydrogen-bond donors (Lipinski definition) is 2. The van der Waals surface area contributed by atoms with Crippen molar-refractivity contribution < 1.29 is 18.3 Å². The number of aromatic nitrogens is 3. The van der Waals surface area contributed by atoms with Crippen LogP contribution < -0.4 is 5.32 Å². The Morgan fingerprint density at radius 1 is 1.08 bits per heavy atom. The molecule has 0 aliphatic carbocycles. The summed E-state index contributed by atoms with van der Waals surface area (Å²) in [5, 5.41) is 16.5. The van der Waals surface area contributed by atoms with E-state index in [0.717, 1.165) is 12.1 Å². The molecule has 0 saturated carbocycles. The Morgan fingerprint density at radius 2 is 1.77 bits per heavy atom. The molecule has 136 valence electrons. The van der Waals surface area contributed by atoms with Crippen molar-refractivity contribution in [1.82, 2.24) is 14.8 Å². The highest BCUT2D eigenvalue weighted by atomic mass is 19.4. The fraction of sp³-hybridized carbons (Fsp3) is 0.222. The highest BCUT2D eigenvalue weighted by Crippen LogP contribution is 2.32. The number of anilines is 2. The van der Waals surface area contributed by atoms with Gasteiger partial charge >= 0.3 is 6.18 Å². The monoisotopic (exact) mass is 362 g/mol. The molecule has 0 spiro atoms. The predicted molar refractivity (Wildman–Crippen MR) is 92.0 cm³/mol. The van der Waals surface area contributed by atoms with Gasteiger partial charge in [0.15, 0.2) is 5.82 Å². The van der Waals surface area contributed by atoms with Crippen LogP contribution in [0.3, 0.4) is 0 Å². The van der Waals surface area contributed by atoms with E-state index >= 15 is 0 Å². The van der Waals surface area contributed by atoms with Gasteiger partial charge in [-0.3, -0.25) is 4.68 Å². The number of nitrogens with zero attached hydrogens (tertiary/aromatic N) is 3. The van der Waals surface area contributed by atoms with E-state index < -0.39 is 11.7 Å². The van der Waals surface area contributed by atoms with Crippen molar-refractivity contribution in [3.8, 4) is 11.4 Å². The summed E-state index contributed by atoms with van der Waals surface area (Å²) in [7, 11) is 1.74. The van der Waals surface area contributed by atoms with Crippen molar-refractivity contribution in [1.29, 1.82) is 0 Å². The fourth-order valence-electron chi connectivity index (χ4n) is 2.53. The zero-order valence-electron chi connectivity index (χ0n) is 14.0. The normalized spacial score (nSPS) is 11.6. The summed E-state index contributed by atoms with van der Waals surface area (Å²) in [5.41, 5.74) is 1.22. The number of aliphatic hydroxyl groups excluding tert-OH is 1. The SMILES string of the molecule is Cn1nc(-c2ccccc2Nc2ccc(C(F)(F)F)cc2)nc1CCO. The Labute approximate surface area is 148 Å². The number of halogens is 3. The van der Waals surface area contributed by atoms with Crippen molar-refractivity contribution >= 4 is 11.4 Å². The molecular weight excluding hydrogens is 345 g/mol. The molecule has 2 N–H and O–H groups in total. The highest BCUT2D eigenvalue weighted by molar-refractivity contribution is 5.77. The van der Waals surface area contributed by atoms with Crippen LogP contribution in [-0.4, -0.2) is 26.5 Å². The second kappa shape index (κ2) is 7.17. The third-order valence-corrected chi connectivity index (χ3v) is 3.85. The number of benzene rings is 2. The first kappa shape index (κ1) is 17.9. The van der Waals surface area contributed by atoms with E-state index in [0.29, 0.717) is 35.0 Å². The van der Waals surface area contributed by atoms with Gasteiger partial charge in [-0.25, -0.2) is 4.98 Å². The molecule has 0 unspecified atom stereocenters. The van der Waals surface area contributed by atoms with E-state index in [1.807, 2.05) is 18.2 Å². The van der Waals surface area contributed by atoms with Crippen LogP contribution in [-0.2, 0) is 19.6 Å². The van der Waals surface area contributed by atoms with Gasteiger partial charge in [-0.1, -0.05) is 12.1 Å². The first-order valence-electron chi connectivity index (χ1n) is 7.93. The number of hydrogen-bond acceptors (Lipinski definition) is 4. The molecule has 8 heteroatoms. The van der Waals surface area contributed by atoms with E-state index in [-0.39, 0.29) is 6.61 Å². The molecule has 3 aromatic rings. The molecule has 0 aliphatic rings. The van der Waals surface area contributed by atoms with Gasteiger partial charge in [0.2, 0.25) is 0 Å². The lowest BCUT2D eigenvalue weighted by atomic mass is 10.1. The zero-order valence-corrected chi connectivity index (χ0v) is 14.0. The van der Waals surface area contributed by atoms with Crippen molar-refractivity contribution in [3.63, 3.8) is 0 Å². The number of aliphatic hydroxyl groups is 1. The Kier molecular flexibility index (Phi) is 4.94. The zero-order chi connectivity index (χ0) is 18.7. The van der Waals surface area contributed by atoms with Crippen LogP contribution in [0.1, 0.15) is 11.4 Å². The highest BCUT2D eigenvalue weighted by Gasteiger charge is 2.29. The molecule has 0 amide bonds. The smallest absolute Gasteiger partial charge is 0.396 e. The van der Waals surface area contributed by atoms with Gasteiger partial charge in [0.05, 0.1) is 12.2 Å². The maximum Gasteiger partial charge on any atom is 0.416 e. The summed E-state index contributed by atoms with van der Waals surface area (Å²) in [4.78, 5) is 4.42. The van der Waals surface area contributed by atoms with Gasteiger partial charge in [0.1, 0.15) is 5.82 Å². The minimum atomic E-state index is -4.36. The molecule has 0 aliphatic heterocycles. The van der Waals surface area contributed by atoms with Crippen molar-refractivity contribution in [3.05, 3.63) is 59.9 Å². The Hall–Kier alpha value is -2.87. The number of rotatable bonds is 5. The standard InChI is InChI=1S/C18H17F3N4O/c1-25-16(10-11-26)23-17(24-25)14-4-2-3-5-15(14)22-13-8-6-12(7-9-13)18(19,20)21/h2-9,22,26H,10-11H2,1H3. The largest absolute Gasteiger partial charge is 0.416 e. The van der Waals surface area contributed by atoms with Crippen LogP contribution in [0, 0.1) is 0 Å². The molecular formula is C18H17F3N4O. The summed E-state index contributed by atoms with van der Waals surface area (Å²) >= 11 is 0. The second-order valence-corrected chi connectivity index (χ2v) is 5.69. The third kappa shape index (κ3) is 3.85. The van der Waals surface area contributed by atoms with Crippen molar-refractivity contribution in [2.24, 2.45) is 7.05 Å². The molecule has 5 nitrogen and oxygen atoms in total. The summed E-state index contributed by atoms with van der Waals surface area (Å²) in [6, 6.07) is 12.1. The summed E-state index contributed by atoms with van der Waals surface area (Å²) in [6.07, 6.45) is -3.98. The topological polar surface area (TPSA) is 63.0 Å². The fourth-order valence-corrected chi connectivity index (χ4v) is 2.53. The molecule has 0 saturated heterocycles. The maximum absolute atomic E-state index is 12.7. The molecule has 3 rings (SSSR count).